The lowest BCUT2D eigenvalue weighted by molar-refractivity contribution is -0.137. The minimum Gasteiger partial charge on any atom is -0.497 e. The lowest BCUT2D eigenvalue weighted by atomic mass is 9.55. The maximum absolute atomic E-state index is 12.8. The van der Waals surface area contributed by atoms with E-state index in [0.717, 1.165) is 55.1 Å². The summed E-state index contributed by atoms with van der Waals surface area (Å²) in [4.78, 5) is 15.4. The van der Waals surface area contributed by atoms with E-state index < -0.39 is 0 Å². The molecule has 1 N–H and O–H groups in total. The van der Waals surface area contributed by atoms with Crippen molar-refractivity contribution in [3.8, 4) is 5.75 Å². The van der Waals surface area contributed by atoms with Gasteiger partial charge in [0, 0.05) is 42.0 Å². The number of nitrogens with one attached hydrogen (secondary N) is 1. The Kier molecular flexibility index (Phi) is 4.51. The Morgan fingerprint density at radius 2 is 2.18 bits per heavy atom. The predicted octanol–water partition coefficient (Wildman–Crippen LogP) is 3.65. The summed E-state index contributed by atoms with van der Waals surface area (Å²) in [6.45, 7) is 4.28. The summed E-state index contributed by atoms with van der Waals surface area (Å²) < 4.78 is 10.7. The van der Waals surface area contributed by atoms with E-state index >= 15 is 0 Å². The van der Waals surface area contributed by atoms with E-state index in [1.807, 2.05) is 6.07 Å². The molecule has 1 fully saturated rings. The summed E-state index contributed by atoms with van der Waals surface area (Å²) in [7, 11) is 3.17. The molecule has 6 heteroatoms. The van der Waals surface area contributed by atoms with Gasteiger partial charge in [0.05, 0.1) is 25.2 Å². The van der Waals surface area contributed by atoms with Crippen molar-refractivity contribution in [2.24, 2.45) is 5.41 Å². The quantitative estimate of drug-likeness (QED) is 0.617. The molecule has 1 aromatic rings. The molecule has 0 amide bonds. The number of methoxy groups -OCH3 is 2. The first kappa shape index (κ1) is 19.3. The van der Waals surface area contributed by atoms with E-state index in [-0.39, 0.29) is 29.2 Å². The number of rotatable bonds is 3. The molecule has 1 aromatic carbocycles. The maximum atomic E-state index is 12.8. The fourth-order valence-electron chi connectivity index (χ4n) is 6.18. The highest BCUT2D eigenvalue weighted by Gasteiger charge is 2.65. The molecule has 0 radical (unpaired) electrons. The Hall–Kier alpha value is -1.98. The van der Waals surface area contributed by atoms with E-state index in [9.17, 15) is 4.79 Å². The first-order valence-corrected chi connectivity index (χ1v) is 9.79. The van der Waals surface area contributed by atoms with Gasteiger partial charge in [-0.15, -0.1) is 12.4 Å². The standard InChI is InChI=1S/C22H26N2O3.ClH/c1-4-21-8-5-10-24-11-9-22(20(21)24)16-7-6-14(26-2)12-17(16)23-18(22)15(13-21)19(25)27-3;/h5-8,12,20,23H,4,9-11,13H2,1-3H3;1H. The minimum atomic E-state index is -0.208. The van der Waals surface area contributed by atoms with E-state index in [0.29, 0.717) is 6.04 Å². The van der Waals surface area contributed by atoms with Gasteiger partial charge in [0.15, 0.2) is 0 Å². The van der Waals surface area contributed by atoms with Crippen LogP contribution in [-0.2, 0) is 14.9 Å². The molecule has 150 valence electrons. The molecule has 0 bridgehead atoms. The molecule has 3 heterocycles. The highest BCUT2D eigenvalue weighted by atomic mass is 35.5. The van der Waals surface area contributed by atoms with Crippen molar-refractivity contribution >= 4 is 24.1 Å². The highest BCUT2D eigenvalue weighted by molar-refractivity contribution is 5.93. The van der Waals surface area contributed by atoms with Gasteiger partial charge >= 0.3 is 5.97 Å². The number of halogens is 1. The zero-order valence-electron chi connectivity index (χ0n) is 16.6. The third-order valence-corrected chi connectivity index (χ3v) is 7.27. The highest BCUT2D eigenvalue weighted by Crippen LogP contribution is 2.64. The average molecular weight is 403 g/mol. The normalized spacial score (nSPS) is 32.0. The van der Waals surface area contributed by atoms with Crippen LogP contribution in [-0.4, -0.2) is 44.2 Å². The lowest BCUT2D eigenvalue weighted by Crippen LogP contribution is -2.58. The first-order valence-electron chi connectivity index (χ1n) is 9.79. The lowest BCUT2D eigenvalue weighted by Gasteiger charge is -2.53. The summed E-state index contributed by atoms with van der Waals surface area (Å²) in [5, 5.41) is 3.62. The summed E-state index contributed by atoms with van der Waals surface area (Å²) in [5.41, 5.74) is 4.01. The number of ether oxygens (including phenoxy) is 2. The van der Waals surface area contributed by atoms with E-state index in [1.165, 1.54) is 12.7 Å². The van der Waals surface area contributed by atoms with Gasteiger partial charge in [0.1, 0.15) is 5.75 Å². The Balaban J connectivity index is 0.00000192. The topological polar surface area (TPSA) is 50.8 Å². The second-order valence-corrected chi connectivity index (χ2v) is 8.17. The minimum absolute atomic E-state index is 0. The molecule has 0 aromatic heterocycles. The molecule has 1 spiro atoms. The van der Waals surface area contributed by atoms with E-state index in [1.54, 1.807) is 7.11 Å². The Bertz CT molecular complexity index is 896. The molecule has 28 heavy (non-hydrogen) atoms. The third-order valence-electron chi connectivity index (χ3n) is 7.27. The second-order valence-electron chi connectivity index (χ2n) is 8.17. The molecule has 5 nitrogen and oxygen atoms in total. The predicted molar refractivity (Wildman–Crippen MR) is 111 cm³/mol. The largest absolute Gasteiger partial charge is 0.497 e. The molecule has 1 saturated heterocycles. The summed E-state index contributed by atoms with van der Waals surface area (Å²) in [6.07, 6.45) is 7.41. The molecule has 3 atom stereocenters. The molecule has 0 saturated carbocycles. The zero-order chi connectivity index (χ0) is 18.8. The number of benzene rings is 1. The van der Waals surface area contributed by atoms with Crippen LogP contribution < -0.4 is 10.1 Å². The summed E-state index contributed by atoms with van der Waals surface area (Å²) in [6, 6.07) is 6.65. The Morgan fingerprint density at radius 1 is 1.36 bits per heavy atom. The van der Waals surface area contributed by atoms with Crippen LogP contribution in [0.15, 0.2) is 41.6 Å². The number of hydrogen-bond acceptors (Lipinski definition) is 5. The van der Waals surface area contributed by atoms with Gasteiger partial charge in [-0.3, -0.25) is 4.90 Å². The molecule has 1 aliphatic carbocycles. The van der Waals surface area contributed by atoms with Crippen molar-refractivity contribution in [3.63, 3.8) is 0 Å². The van der Waals surface area contributed by atoms with Crippen LogP contribution in [0.3, 0.4) is 0 Å². The van der Waals surface area contributed by atoms with Crippen LogP contribution in [0.4, 0.5) is 5.69 Å². The van der Waals surface area contributed by atoms with Crippen LogP contribution in [0.5, 0.6) is 5.75 Å². The average Bonchev–Trinajstić information content (AvgIpc) is 3.26. The molecule has 3 unspecified atom stereocenters. The van der Waals surface area contributed by atoms with Crippen molar-refractivity contribution in [2.75, 3.05) is 32.6 Å². The fraction of sp³-hybridized carbons (Fsp3) is 0.500. The smallest absolute Gasteiger partial charge is 0.335 e. The molecular formula is C22H27ClN2O3. The number of carbonyl (C=O) groups excluding carboxylic acids is 1. The third kappa shape index (κ3) is 2.20. The van der Waals surface area contributed by atoms with Gasteiger partial charge in [0.25, 0.3) is 0 Å². The van der Waals surface area contributed by atoms with Crippen molar-refractivity contribution in [1.82, 2.24) is 4.90 Å². The van der Waals surface area contributed by atoms with Gasteiger partial charge in [-0.1, -0.05) is 25.1 Å². The number of fused-ring (bicyclic) bond motifs is 1. The van der Waals surface area contributed by atoms with Gasteiger partial charge in [0.2, 0.25) is 0 Å². The SMILES string of the molecule is CCC12C=CCN3CCC4(C(=C(C(=O)OC)C1)Nc1cc(OC)ccc14)C32.Cl. The first-order chi connectivity index (χ1) is 13.1. The fourth-order valence-corrected chi connectivity index (χ4v) is 6.18. The summed E-state index contributed by atoms with van der Waals surface area (Å²) in [5.74, 6) is 0.622. The van der Waals surface area contributed by atoms with Gasteiger partial charge in [-0.25, -0.2) is 4.79 Å². The van der Waals surface area contributed by atoms with Gasteiger partial charge in [-0.05, 0) is 30.9 Å². The van der Waals surface area contributed by atoms with Crippen molar-refractivity contribution in [3.05, 3.63) is 47.2 Å². The van der Waals surface area contributed by atoms with Crippen LogP contribution in [0.2, 0.25) is 0 Å². The zero-order valence-corrected chi connectivity index (χ0v) is 17.4. The van der Waals surface area contributed by atoms with Crippen LogP contribution in [0.25, 0.3) is 0 Å². The Labute approximate surface area is 172 Å². The van der Waals surface area contributed by atoms with Gasteiger partial charge in [-0.2, -0.15) is 0 Å². The maximum Gasteiger partial charge on any atom is 0.335 e. The monoisotopic (exact) mass is 402 g/mol. The molecule has 5 rings (SSSR count). The van der Waals surface area contributed by atoms with Crippen LogP contribution in [0, 0.1) is 5.41 Å². The van der Waals surface area contributed by atoms with E-state index in [4.69, 9.17) is 9.47 Å². The second kappa shape index (κ2) is 6.53. The number of hydrogen-bond donors (Lipinski definition) is 1. The number of nitrogens with zero attached hydrogens (tertiary/aromatic N) is 1. The summed E-state index contributed by atoms with van der Waals surface area (Å²) >= 11 is 0. The molecule has 3 aliphatic heterocycles. The van der Waals surface area contributed by atoms with Crippen molar-refractivity contribution in [1.29, 1.82) is 0 Å². The van der Waals surface area contributed by atoms with E-state index in [2.05, 4.69) is 41.4 Å². The Morgan fingerprint density at radius 3 is 2.89 bits per heavy atom. The molecule has 4 aliphatic rings. The number of carbonyl (C=O) groups is 1. The number of anilines is 1. The van der Waals surface area contributed by atoms with Crippen LogP contribution >= 0.6 is 12.4 Å². The number of esters is 1. The van der Waals surface area contributed by atoms with Crippen molar-refractivity contribution < 1.29 is 14.3 Å². The molecular weight excluding hydrogens is 376 g/mol. The van der Waals surface area contributed by atoms with Crippen LogP contribution in [0.1, 0.15) is 31.7 Å². The van der Waals surface area contributed by atoms with Crippen molar-refractivity contribution in [2.45, 2.75) is 37.6 Å². The van der Waals surface area contributed by atoms with Gasteiger partial charge < -0.3 is 14.8 Å².